The number of carboxylic acids is 1. The fourth-order valence-electron chi connectivity index (χ4n) is 3.36. The van der Waals surface area contributed by atoms with Crippen LogP contribution in [0.1, 0.15) is 43.3 Å². The summed E-state index contributed by atoms with van der Waals surface area (Å²) >= 11 is 6.11. The van der Waals surface area contributed by atoms with Crippen molar-refractivity contribution >= 4 is 17.6 Å². The lowest BCUT2D eigenvalue weighted by molar-refractivity contribution is -0.146. The lowest BCUT2D eigenvalue weighted by Crippen LogP contribution is -2.36. The van der Waals surface area contributed by atoms with Crippen LogP contribution < -0.4 is 0 Å². The topological polar surface area (TPSA) is 97.5 Å². The minimum atomic E-state index is -0.940. The lowest BCUT2D eigenvalue weighted by Gasteiger charge is -2.28. The fraction of sp³-hybridized carbons (Fsp3) is 0.500. The molecule has 7 nitrogen and oxygen atoms in total. The van der Waals surface area contributed by atoms with Crippen molar-refractivity contribution < 1.29 is 19.7 Å². The van der Waals surface area contributed by atoms with Crippen LogP contribution in [-0.2, 0) is 29.0 Å². The molecule has 1 aliphatic rings. The number of aryl methyl sites for hydroxylation is 2. The number of rotatable bonds is 5. The predicted molar refractivity (Wildman–Crippen MR) is 95.3 cm³/mol. The maximum atomic E-state index is 11.8. The number of phenolic OH excluding ortho intramolecular Hbond substituents is 1. The van der Waals surface area contributed by atoms with Crippen LogP contribution >= 0.6 is 11.6 Å². The highest BCUT2D eigenvalue weighted by atomic mass is 35.5. The molecule has 1 unspecified atom stereocenters. The summed E-state index contributed by atoms with van der Waals surface area (Å²) < 4.78 is 7.19. The zero-order chi connectivity index (χ0) is 18.9. The van der Waals surface area contributed by atoms with Gasteiger partial charge >= 0.3 is 5.97 Å². The molecule has 1 atom stereocenters. The molecule has 2 N–H and O–H groups in total. The van der Waals surface area contributed by atoms with E-state index in [1.807, 2.05) is 19.9 Å². The average Bonchev–Trinajstić information content (AvgIpc) is 2.87. The van der Waals surface area contributed by atoms with Gasteiger partial charge in [0.05, 0.1) is 29.6 Å². The van der Waals surface area contributed by atoms with Gasteiger partial charge in [-0.1, -0.05) is 42.8 Å². The van der Waals surface area contributed by atoms with Gasteiger partial charge in [0, 0.05) is 5.41 Å². The number of ether oxygens (including phenoxy) is 1. The number of fused-ring (bicyclic) bond motifs is 1. The lowest BCUT2D eigenvalue weighted by atomic mass is 9.85. The molecular formula is C18H22ClN3O4. The van der Waals surface area contributed by atoms with E-state index in [-0.39, 0.29) is 5.75 Å². The summed E-state index contributed by atoms with van der Waals surface area (Å²) in [7, 11) is 0. The first kappa shape index (κ1) is 18.7. The predicted octanol–water partition coefficient (Wildman–Crippen LogP) is 2.99. The zero-order valence-corrected chi connectivity index (χ0v) is 15.5. The highest BCUT2D eigenvalue weighted by molar-refractivity contribution is 6.32. The molecule has 0 bridgehead atoms. The van der Waals surface area contributed by atoms with Crippen molar-refractivity contribution in [2.24, 2.45) is 5.41 Å². The third-order valence-electron chi connectivity index (χ3n) is 4.72. The molecule has 8 heteroatoms. The minimum absolute atomic E-state index is 0.0709. The van der Waals surface area contributed by atoms with E-state index in [1.54, 1.807) is 12.1 Å². The molecule has 0 fully saturated rings. The first-order valence-corrected chi connectivity index (χ1v) is 8.89. The van der Waals surface area contributed by atoms with Gasteiger partial charge < -0.3 is 14.9 Å². The molecular weight excluding hydrogens is 358 g/mol. The van der Waals surface area contributed by atoms with E-state index in [4.69, 9.17) is 16.3 Å². The van der Waals surface area contributed by atoms with Gasteiger partial charge in [0.25, 0.3) is 0 Å². The van der Waals surface area contributed by atoms with E-state index in [0.717, 1.165) is 17.7 Å². The van der Waals surface area contributed by atoms with Crippen molar-refractivity contribution in [3.63, 3.8) is 0 Å². The second-order valence-corrected chi connectivity index (χ2v) is 7.63. The summed E-state index contributed by atoms with van der Waals surface area (Å²) in [5.74, 6) is -0.869. The van der Waals surface area contributed by atoms with E-state index in [9.17, 15) is 15.0 Å². The fourth-order valence-corrected chi connectivity index (χ4v) is 3.58. The van der Waals surface area contributed by atoms with Gasteiger partial charge in [-0.2, -0.15) is 0 Å². The molecule has 140 valence electrons. The average molecular weight is 380 g/mol. The Morgan fingerprint density at radius 3 is 2.92 bits per heavy atom. The number of phenols is 1. The molecule has 0 aliphatic carbocycles. The van der Waals surface area contributed by atoms with Crippen LogP contribution in [0.25, 0.3) is 0 Å². The van der Waals surface area contributed by atoms with E-state index >= 15 is 0 Å². The quantitative estimate of drug-likeness (QED) is 0.828. The van der Waals surface area contributed by atoms with Crippen LogP contribution in [0.4, 0.5) is 0 Å². The molecule has 1 aromatic heterocycles. The molecule has 2 heterocycles. The van der Waals surface area contributed by atoms with Crippen LogP contribution in [-0.4, -0.2) is 37.8 Å². The third-order valence-corrected chi connectivity index (χ3v) is 5.16. The molecule has 0 radical (unpaired) electrons. The van der Waals surface area contributed by atoms with Gasteiger partial charge in [0.2, 0.25) is 0 Å². The molecule has 0 amide bonds. The Morgan fingerprint density at radius 1 is 1.42 bits per heavy atom. The van der Waals surface area contributed by atoms with Crippen molar-refractivity contribution in [1.29, 1.82) is 0 Å². The number of hydrogen-bond acceptors (Lipinski definition) is 5. The number of halogens is 1. The van der Waals surface area contributed by atoms with E-state index in [1.165, 1.54) is 4.68 Å². The number of aliphatic carboxylic acids is 1. The number of hydrogen-bond donors (Lipinski definition) is 2. The van der Waals surface area contributed by atoms with E-state index in [0.29, 0.717) is 36.8 Å². The van der Waals surface area contributed by atoms with Crippen LogP contribution in [0, 0.1) is 5.41 Å². The van der Waals surface area contributed by atoms with Gasteiger partial charge in [0.1, 0.15) is 5.75 Å². The monoisotopic (exact) mass is 379 g/mol. The van der Waals surface area contributed by atoms with Gasteiger partial charge in [-0.25, -0.2) is 9.48 Å². The number of aromatic nitrogens is 3. The molecule has 1 aliphatic heterocycles. The van der Waals surface area contributed by atoms with Crippen molar-refractivity contribution in [3.05, 3.63) is 40.2 Å². The maximum absolute atomic E-state index is 11.8. The molecule has 26 heavy (non-hydrogen) atoms. The first-order valence-electron chi connectivity index (χ1n) is 8.51. The molecule has 2 aromatic rings. The second-order valence-electron chi connectivity index (χ2n) is 7.25. The minimum Gasteiger partial charge on any atom is -0.506 e. The standard InChI is InChI=1S/C18H22ClN3O4/c1-18(2)10-26-9-13-12(20-21-22(13)16(18)17(24)25)7-3-5-11-6-4-8-14(23)15(11)19/h4,6,8,16,23H,3,5,7,9-10H2,1-2H3,(H,24,25). The number of carbonyl (C=O) groups is 1. The largest absolute Gasteiger partial charge is 0.506 e. The summed E-state index contributed by atoms with van der Waals surface area (Å²) in [6.07, 6.45) is 2.04. The van der Waals surface area contributed by atoms with Crippen LogP contribution in [0.3, 0.4) is 0 Å². The summed E-state index contributed by atoms with van der Waals surface area (Å²) in [5.41, 5.74) is 1.73. The number of carboxylic acid groups (broad SMARTS) is 1. The molecule has 0 spiro atoms. The van der Waals surface area contributed by atoms with E-state index < -0.39 is 17.4 Å². The smallest absolute Gasteiger partial charge is 0.329 e. The van der Waals surface area contributed by atoms with Crippen molar-refractivity contribution in [3.8, 4) is 5.75 Å². The SMILES string of the molecule is CC1(C)COCc2c(CCCc3cccc(O)c3Cl)nnn2C1C(=O)O. The number of benzene rings is 1. The van der Waals surface area contributed by atoms with Crippen LogP contribution in [0.15, 0.2) is 18.2 Å². The van der Waals surface area contributed by atoms with Gasteiger partial charge in [-0.3, -0.25) is 0 Å². The Morgan fingerprint density at radius 2 is 2.19 bits per heavy atom. The zero-order valence-electron chi connectivity index (χ0n) is 14.8. The Kier molecular flexibility index (Phi) is 5.20. The molecule has 3 rings (SSSR count). The van der Waals surface area contributed by atoms with Crippen molar-refractivity contribution in [2.45, 2.75) is 45.8 Å². The first-order chi connectivity index (χ1) is 12.3. The Labute approximate surface area is 156 Å². The number of aromatic hydroxyl groups is 1. The van der Waals surface area contributed by atoms with E-state index in [2.05, 4.69) is 10.3 Å². The summed E-state index contributed by atoms with van der Waals surface area (Å²) in [6.45, 7) is 4.34. The van der Waals surface area contributed by atoms with Crippen molar-refractivity contribution in [2.75, 3.05) is 6.61 Å². The summed E-state index contributed by atoms with van der Waals surface area (Å²) in [5, 5.41) is 28.0. The Balaban J connectivity index is 1.77. The normalized spacial score (nSPS) is 19.0. The molecule has 0 saturated heterocycles. The maximum Gasteiger partial charge on any atom is 0.329 e. The third kappa shape index (κ3) is 3.54. The molecule has 1 aromatic carbocycles. The Hall–Kier alpha value is -2.12. The second kappa shape index (κ2) is 7.25. The van der Waals surface area contributed by atoms with Gasteiger partial charge in [-0.05, 0) is 30.9 Å². The summed E-state index contributed by atoms with van der Waals surface area (Å²) in [4.78, 5) is 11.8. The van der Waals surface area contributed by atoms with Crippen LogP contribution in [0.5, 0.6) is 5.75 Å². The van der Waals surface area contributed by atoms with Gasteiger partial charge in [-0.15, -0.1) is 5.10 Å². The van der Waals surface area contributed by atoms with Gasteiger partial charge in [0.15, 0.2) is 6.04 Å². The number of nitrogens with zero attached hydrogens (tertiary/aromatic N) is 3. The summed E-state index contributed by atoms with van der Waals surface area (Å²) in [6, 6.07) is 4.37. The van der Waals surface area contributed by atoms with Crippen LogP contribution in [0.2, 0.25) is 5.02 Å². The molecule has 0 saturated carbocycles. The van der Waals surface area contributed by atoms with Crippen molar-refractivity contribution in [1.82, 2.24) is 15.0 Å². The Bertz CT molecular complexity index is 819. The highest BCUT2D eigenvalue weighted by Gasteiger charge is 2.41. The highest BCUT2D eigenvalue weighted by Crippen LogP contribution is 2.36.